The van der Waals surface area contributed by atoms with Gasteiger partial charge in [-0.3, -0.25) is 19.3 Å². The van der Waals surface area contributed by atoms with Crippen molar-refractivity contribution in [3.8, 4) is 5.75 Å². The van der Waals surface area contributed by atoms with Gasteiger partial charge in [0, 0.05) is 41.3 Å². The zero-order chi connectivity index (χ0) is 37.6. The summed E-state index contributed by atoms with van der Waals surface area (Å²) < 4.78 is 7.54. The zero-order valence-electron chi connectivity index (χ0n) is 29.9. The van der Waals surface area contributed by atoms with Gasteiger partial charge < -0.3 is 30.4 Å². The number of nitrogens with one attached hydrogen (secondary N) is 2. The quantitative estimate of drug-likeness (QED) is 0.0633. The Morgan fingerprint density at radius 2 is 1.74 bits per heavy atom. The van der Waals surface area contributed by atoms with E-state index in [1.165, 1.54) is 28.0 Å². The van der Waals surface area contributed by atoms with Gasteiger partial charge in [0.1, 0.15) is 29.9 Å². The number of ketones is 1. The van der Waals surface area contributed by atoms with Gasteiger partial charge in [0.15, 0.2) is 24.7 Å². The van der Waals surface area contributed by atoms with Gasteiger partial charge in [-0.15, -0.1) is 35.5 Å². The number of ether oxygens (including phenoxy) is 1. The molecular formula is C40H45ClN4O7S2. The molecule has 0 spiro atoms. The van der Waals surface area contributed by atoms with E-state index in [-0.39, 0.29) is 42.8 Å². The van der Waals surface area contributed by atoms with E-state index < -0.39 is 29.4 Å². The first-order valence-corrected chi connectivity index (χ1v) is 19.5. The Kier molecular flexibility index (Phi) is 16.7. The second-order valence-electron chi connectivity index (χ2n) is 12.6. The Labute approximate surface area is 329 Å². The molecule has 0 bridgehead atoms. The molecule has 0 radical (unpaired) electrons. The highest BCUT2D eigenvalue weighted by Gasteiger charge is 2.53. The topological polar surface area (TPSA) is 152 Å². The molecule has 2 aliphatic rings. The molecule has 1 fully saturated rings. The van der Waals surface area contributed by atoms with Crippen molar-refractivity contribution in [1.82, 2.24) is 15.5 Å². The number of hydrogen-bond acceptors (Lipinski definition) is 10. The molecule has 1 unspecified atom stereocenters. The average molecular weight is 793 g/mol. The van der Waals surface area contributed by atoms with Gasteiger partial charge in [0.05, 0.1) is 23.7 Å². The number of carboxylic acids is 1. The Hall–Kier alpha value is -4.53. The second kappa shape index (κ2) is 21.4. The molecule has 0 saturated carbocycles. The van der Waals surface area contributed by atoms with E-state index in [0.29, 0.717) is 48.6 Å². The number of pyridine rings is 1. The van der Waals surface area contributed by atoms with Crippen LogP contribution in [0.4, 0.5) is 0 Å². The van der Waals surface area contributed by atoms with Gasteiger partial charge in [0.2, 0.25) is 5.91 Å². The SMILES string of the molecule is CCCNCC(O)COc1ccccc1C(=O)CCc1ccccc1.Cl.O=C(Cc1cccs1)N[C@@H]1C(=O)N2C(C(=O)[O-])=C(C[n+]3ccccc3)CS[C@H]12. The van der Waals surface area contributed by atoms with Crippen molar-refractivity contribution in [3.05, 3.63) is 130 Å². The molecule has 1 saturated heterocycles. The summed E-state index contributed by atoms with van der Waals surface area (Å²) in [7, 11) is 0. The van der Waals surface area contributed by atoms with Crippen molar-refractivity contribution >= 4 is 59.1 Å². The fraction of sp³-hybridized carbons (Fsp3) is 0.325. The van der Waals surface area contributed by atoms with E-state index >= 15 is 0 Å². The molecule has 2 aliphatic heterocycles. The number of aryl methyl sites for hydroxylation is 1. The number of aliphatic carboxylic acids is 1. The number of rotatable bonds is 17. The summed E-state index contributed by atoms with van der Waals surface area (Å²) in [4.78, 5) is 51.3. The molecule has 14 heteroatoms. The lowest BCUT2D eigenvalue weighted by Gasteiger charge is -2.50. The summed E-state index contributed by atoms with van der Waals surface area (Å²) in [6.45, 7) is 3.96. The number of fused-ring (bicyclic) bond motifs is 1. The summed E-state index contributed by atoms with van der Waals surface area (Å²) in [6, 6.07) is 25.8. The summed E-state index contributed by atoms with van der Waals surface area (Å²) in [5, 5.41) is 29.1. The first-order chi connectivity index (χ1) is 25.7. The lowest BCUT2D eigenvalue weighted by Crippen LogP contribution is -2.71. The fourth-order valence-corrected chi connectivity index (χ4v) is 7.94. The molecule has 2 amide bonds. The minimum Gasteiger partial charge on any atom is -0.543 e. The molecule has 54 heavy (non-hydrogen) atoms. The van der Waals surface area contributed by atoms with Crippen LogP contribution in [0.25, 0.3) is 0 Å². The van der Waals surface area contributed by atoms with Gasteiger partial charge in [0.25, 0.3) is 5.91 Å². The highest BCUT2D eigenvalue weighted by Crippen LogP contribution is 2.40. The van der Waals surface area contributed by atoms with Crippen LogP contribution in [-0.4, -0.2) is 76.5 Å². The minimum absolute atomic E-state index is 0. The van der Waals surface area contributed by atoms with E-state index in [1.807, 2.05) is 95.1 Å². The van der Waals surface area contributed by atoms with Crippen molar-refractivity contribution in [2.75, 3.05) is 25.4 Å². The van der Waals surface area contributed by atoms with Crippen LogP contribution < -0.4 is 25.0 Å². The number of amides is 2. The number of hydrogen-bond donors (Lipinski definition) is 3. The van der Waals surface area contributed by atoms with Crippen LogP contribution in [0.2, 0.25) is 0 Å². The van der Waals surface area contributed by atoms with E-state index in [2.05, 4.69) is 17.6 Å². The number of thioether (sulfide) groups is 1. The minimum atomic E-state index is -1.37. The first kappa shape index (κ1) is 42.2. The maximum atomic E-state index is 12.6. The van der Waals surface area contributed by atoms with Crippen molar-refractivity contribution in [2.24, 2.45) is 0 Å². The largest absolute Gasteiger partial charge is 0.543 e. The number of aliphatic hydroxyl groups excluding tert-OH is 1. The number of benzene rings is 2. The van der Waals surface area contributed by atoms with Crippen LogP contribution in [0.3, 0.4) is 0 Å². The second-order valence-corrected chi connectivity index (χ2v) is 14.7. The summed E-state index contributed by atoms with van der Waals surface area (Å²) in [5.74, 6) is -0.976. The monoisotopic (exact) mass is 792 g/mol. The standard InChI is InChI=1S/C21H27NO3.C19H17N3O4S2.ClH/c1-2-14-22-15-18(23)16-25-21-11-7-6-10-19(21)20(24)13-12-17-8-4-3-5-9-17;23-14(9-13-5-4-8-27-13)20-15-17(24)22-16(19(25)26)12(11-28-18(15)22)10-21-6-2-1-3-7-21;/h3-11,18,22-23H,2,12-16H2,1H3;1-8,15,18H,9-11H2,(H-,20,23,25,26);1H/t;15-,18-;/m.1./s1. The number of para-hydroxylation sites is 1. The number of aromatic nitrogens is 1. The number of thiophene rings is 1. The van der Waals surface area contributed by atoms with Crippen LogP contribution in [0, 0.1) is 0 Å². The van der Waals surface area contributed by atoms with Gasteiger partial charge in [-0.2, -0.15) is 0 Å². The van der Waals surface area contributed by atoms with Gasteiger partial charge >= 0.3 is 0 Å². The molecule has 2 aromatic heterocycles. The summed E-state index contributed by atoms with van der Waals surface area (Å²) >= 11 is 2.93. The molecule has 3 N–H and O–H groups in total. The Morgan fingerprint density at radius 1 is 1.02 bits per heavy atom. The van der Waals surface area contributed by atoms with Gasteiger partial charge in [-0.05, 0) is 48.5 Å². The number of Topliss-reactive ketones (excluding diaryl/α,β-unsaturated/α-hetero) is 1. The van der Waals surface area contributed by atoms with Gasteiger partial charge in [-0.25, -0.2) is 4.57 Å². The number of halogens is 1. The van der Waals surface area contributed by atoms with Crippen LogP contribution in [-0.2, 0) is 33.8 Å². The predicted molar refractivity (Wildman–Crippen MR) is 209 cm³/mol. The summed E-state index contributed by atoms with van der Waals surface area (Å²) in [5.41, 5.74) is 2.27. The van der Waals surface area contributed by atoms with Crippen molar-refractivity contribution in [1.29, 1.82) is 0 Å². The Bertz CT molecular complexity index is 1860. The van der Waals surface area contributed by atoms with E-state index in [0.717, 1.165) is 23.4 Å². The predicted octanol–water partition coefficient (Wildman–Crippen LogP) is 3.35. The molecule has 286 valence electrons. The lowest BCUT2D eigenvalue weighted by atomic mass is 10.0. The highest BCUT2D eigenvalue weighted by atomic mass is 35.5. The molecule has 11 nitrogen and oxygen atoms in total. The normalized spacial score (nSPS) is 16.5. The number of nitrogens with zero attached hydrogens (tertiary/aromatic N) is 2. The molecule has 0 aliphatic carbocycles. The maximum Gasteiger partial charge on any atom is 0.253 e. The molecule has 3 atom stereocenters. The van der Waals surface area contributed by atoms with Crippen LogP contribution in [0.15, 0.2) is 114 Å². The van der Waals surface area contributed by atoms with Crippen LogP contribution in [0.1, 0.15) is 40.6 Å². The highest BCUT2D eigenvalue weighted by molar-refractivity contribution is 8.00. The lowest BCUT2D eigenvalue weighted by molar-refractivity contribution is -0.689. The molecule has 4 heterocycles. The molecule has 2 aromatic carbocycles. The third-order valence-electron chi connectivity index (χ3n) is 8.53. The molecule has 4 aromatic rings. The fourth-order valence-electron chi connectivity index (χ4n) is 5.90. The summed E-state index contributed by atoms with van der Waals surface area (Å²) in [6.07, 6.45) is 5.44. The number of β-lactam (4-membered cyclic amide) rings is 1. The van der Waals surface area contributed by atoms with Crippen molar-refractivity contribution in [3.63, 3.8) is 0 Å². The third kappa shape index (κ3) is 11.7. The Balaban J connectivity index is 0.000000238. The van der Waals surface area contributed by atoms with E-state index in [4.69, 9.17) is 4.74 Å². The number of carbonyl (C=O) groups excluding carboxylic acids is 4. The maximum absolute atomic E-state index is 12.6. The number of carbonyl (C=O) groups is 4. The van der Waals surface area contributed by atoms with E-state index in [1.54, 1.807) is 12.1 Å². The third-order valence-corrected chi connectivity index (χ3v) is 10.7. The zero-order valence-corrected chi connectivity index (χ0v) is 32.4. The van der Waals surface area contributed by atoms with Crippen molar-refractivity contribution < 1.29 is 38.7 Å². The smallest absolute Gasteiger partial charge is 0.253 e. The van der Waals surface area contributed by atoms with Crippen LogP contribution >= 0.6 is 35.5 Å². The van der Waals surface area contributed by atoms with Crippen LogP contribution in [0.5, 0.6) is 5.75 Å². The average Bonchev–Trinajstić information content (AvgIpc) is 3.69. The Morgan fingerprint density at radius 3 is 2.44 bits per heavy atom. The number of carboxylic acid groups (broad SMARTS) is 1. The van der Waals surface area contributed by atoms with Gasteiger partial charge in [-0.1, -0.05) is 61.5 Å². The van der Waals surface area contributed by atoms with E-state index in [9.17, 15) is 29.4 Å². The molecular weight excluding hydrogens is 748 g/mol. The number of aliphatic hydroxyl groups is 1. The van der Waals surface area contributed by atoms with Crippen molar-refractivity contribution in [2.45, 2.75) is 56.7 Å². The molecule has 6 rings (SSSR count). The first-order valence-electron chi connectivity index (χ1n) is 17.6.